The molecule has 1 aliphatic carbocycles. The van der Waals surface area contributed by atoms with Crippen molar-refractivity contribution >= 4 is 11.5 Å². The van der Waals surface area contributed by atoms with E-state index >= 15 is 0 Å². The Kier molecular flexibility index (Phi) is 3.22. The highest BCUT2D eigenvalue weighted by Gasteiger charge is 2.25. The molecule has 1 aliphatic rings. The van der Waals surface area contributed by atoms with E-state index in [0.717, 1.165) is 37.5 Å². The van der Waals surface area contributed by atoms with Crippen molar-refractivity contribution in [2.45, 2.75) is 19.3 Å². The summed E-state index contributed by atoms with van der Waals surface area (Å²) >= 11 is 0. The minimum Gasteiger partial charge on any atom is -0.478 e. The highest BCUT2D eigenvalue weighted by Crippen LogP contribution is 2.39. The van der Waals surface area contributed by atoms with Crippen LogP contribution < -0.4 is 0 Å². The quantitative estimate of drug-likeness (QED) is 0.821. The number of allylic oxidation sites excluding steroid dienone is 1. The molecule has 0 bridgehead atoms. The standard InChI is InChI=1S/C13H12F2O2/c14-9-4-5-10(12(15)6-9)11(7-13(16)17)8-2-1-3-8/h4-8H,1-3H2,(H,16,17)/b11-7+. The van der Waals surface area contributed by atoms with Gasteiger partial charge in [-0.2, -0.15) is 0 Å². The number of carbonyl (C=O) groups is 1. The minimum absolute atomic E-state index is 0.0751. The van der Waals surface area contributed by atoms with Crippen LogP contribution in [0, 0.1) is 17.6 Å². The number of rotatable bonds is 3. The van der Waals surface area contributed by atoms with E-state index in [2.05, 4.69) is 0 Å². The van der Waals surface area contributed by atoms with Gasteiger partial charge in [-0.25, -0.2) is 13.6 Å². The molecule has 1 aromatic carbocycles. The Balaban J connectivity index is 2.41. The van der Waals surface area contributed by atoms with Gasteiger partial charge in [-0.3, -0.25) is 0 Å². The maximum atomic E-state index is 13.6. The van der Waals surface area contributed by atoms with Crippen LogP contribution in [0.5, 0.6) is 0 Å². The van der Waals surface area contributed by atoms with E-state index in [4.69, 9.17) is 5.11 Å². The molecule has 2 rings (SSSR count). The number of carboxylic acids is 1. The number of aliphatic carboxylic acids is 1. The third-order valence-corrected chi connectivity index (χ3v) is 3.07. The molecule has 1 fully saturated rings. The van der Waals surface area contributed by atoms with E-state index in [9.17, 15) is 13.6 Å². The topological polar surface area (TPSA) is 37.3 Å². The molecule has 1 aromatic rings. The van der Waals surface area contributed by atoms with Crippen LogP contribution >= 0.6 is 0 Å². The minimum atomic E-state index is -1.10. The summed E-state index contributed by atoms with van der Waals surface area (Å²) in [5.74, 6) is -2.39. The lowest BCUT2D eigenvalue weighted by Crippen LogP contribution is -2.15. The zero-order chi connectivity index (χ0) is 12.4. The Morgan fingerprint density at radius 2 is 2.06 bits per heavy atom. The fourth-order valence-electron chi connectivity index (χ4n) is 1.99. The third kappa shape index (κ3) is 2.52. The molecule has 0 saturated heterocycles. The highest BCUT2D eigenvalue weighted by molar-refractivity contribution is 5.90. The van der Waals surface area contributed by atoms with Crippen molar-refractivity contribution < 1.29 is 18.7 Å². The molecule has 0 unspecified atom stereocenters. The van der Waals surface area contributed by atoms with Crippen molar-refractivity contribution in [3.8, 4) is 0 Å². The summed E-state index contributed by atoms with van der Waals surface area (Å²) in [5, 5.41) is 8.79. The van der Waals surface area contributed by atoms with Gasteiger partial charge in [-0.1, -0.05) is 6.42 Å². The number of benzene rings is 1. The van der Waals surface area contributed by atoms with E-state index in [0.29, 0.717) is 5.57 Å². The summed E-state index contributed by atoms with van der Waals surface area (Å²) < 4.78 is 26.4. The summed E-state index contributed by atoms with van der Waals surface area (Å²) in [4.78, 5) is 10.7. The Bertz CT molecular complexity index is 476. The summed E-state index contributed by atoms with van der Waals surface area (Å²) in [7, 11) is 0. The molecule has 0 amide bonds. The van der Waals surface area contributed by atoms with Gasteiger partial charge in [0.2, 0.25) is 0 Å². The van der Waals surface area contributed by atoms with Crippen molar-refractivity contribution in [3.63, 3.8) is 0 Å². The van der Waals surface area contributed by atoms with Crippen LogP contribution in [0.2, 0.25) is 0 Å². The predicted molar refractivity (Wildman–Crippen MR) is 59.3 cm³/mol. The van der Waals surface area contributed by atoms with Crippen LogP contribution in [0.1, 0.15) is 24.8 Å². The zero-order valence-corrected chi connectivity index (χ0v) is 9.12. The van der Waals surface area contributed by atoms with Gasteiger partial charge in [0.15, 0.2) is 0 Å². The Labute approximate surface area is 97.6 Å². The molecule has 4 heteroatoms. The second-order valence-corrected chi connectivity index (χ2v) is 4.19. The summed E-state index contributed by atoms with van der Waals surface area (Å²) in [6, 6.07) is 3.23. The summed E-state index contributed by atoms with van der Waals surface area (Å²) in [6.07, 6.45) is 3.76. The van der Waals surface area contributed by atoms with Gasteiger partial charge in [-0.05, 0) is 36.5 Å². The van der Waals surface area contributed by atoms with E-state index in [-0.39, 0.29) is 11.5 Å². The normalized spacial score (nSPS) is 16.7. The third-order valence-electron chi connectivity index (χ3n) is 3.07. The average molecular weight is 238 g/mol. The molecular weight excluding hydrogens is 226 g/mol. The molecular formula is C13H12F2O2. The van der Waals surface area contributed by atoms with Crippen molar-refractivity contribution in [1.29, 1.82) is 0 Å². The Hall–Kier alpha value is -1.71. The maximum Gasteiger partial charge on any atom is 0.328 e. The first kappa shape index (κ1) is 11.8. The smallest absolute Gasteiger partial charge is 0.328 e. The molecule has 0 atom stereocenters. The monoisotopic (exact) mass is 238 g/mol. The lowest BCUT2D eigenvalue weighted by molar-refractivity contribution is -0.131. The largest absolute Gasteiger partial charge is 0.478 e. The molecule has 0 radical (unpaired) electrons. The van der Waals surface area contributed by atoms with Crippen LogP contribution in [-0.4, -0.2) is 11.1 Å². The zero-order valence-electron chi connectivity index (χ0n) is 9.12. The molecule has 1 saturated carbocycles. The molecule has 90 valence electrons. The summed E-state index contributed by atoms with van der Waals surface area (Å²) in [5.41, 5.74) is 0.653. The van der Waals surface area contributed by atoms with Crippen molar-refractivity contribution in [2.24, 2.45) is 5.92 Å². The van der Waals surface area contributed by atoms with Crippen LogP contribution in [0.15, 0.2) is 24.3 Å². The van der Waals surface area contributed by atoms with Crippen LogP contribution in [0.25, 0.3) is 5.57 Å². The van der Waals surface area contributed by atoms with Gasteiger partial charge in [0.05, 0.1) is 0 Å². The molecule has 0 heterocycles. The first-order chi connectivity index (χ1) is 8.08. The number of hydrogen-bond acceptors (Lipinski definition) is 1. The van der Waals surface area contributed by atoms with Gasteiger partial charge in [0, 0.05) is 17.7 Å². The van der Waals surface area contributed by atoms with Crippen LogP contribution in [0.4, 0.5) is 8.78 Å². The van der Waals surface area contributed by atoms with Gasteiger partial charge in [-0.15, -0.1) is 0 Å². The SMILES string of the molecule is O=C(O)/C=C(/c1ccc(F)cc1F)C1CCC1. The molecule has 0 spiro atoms. The fraction of sp³-hybridized carbons (Fsp3) is 0.308. The van der Waals surface area contributed by atoms with E-state index in [1.807, 2.05) is 0 Å². The molecule has 2 nitrogen and oxygen atoms in total. The molecule has 0 aromatic heterocycles. The van der Waals surface area contributed by atoms with Crippen LogP contribution in [-0.2, 0) is 4.79 Å². The molecule has 1 N–H and O–H groups in total. The second-order valence-electron chi connectivity index (χ2n) is 4.19. The van der Waals surface area contributed by atoms with Crippen molar-refractivity contribution in [1.82, 2.24) is 0 Å². The Morgan fingerprint density at radius 3 is 2.53 bits per heavy atom. The summed E-state index contributed by atoms with van der Waals surface area (Å²) in [6.45, 7) is 0. The maximum absolute atomic E-state index is 13.6. The van der Waals surface area contributed by atoms with Gasteiger partial charge < -0.3 is 5.11 Å². The van der Waals surface area contributed by atoms with Gasteiger partial charge in [0.1, 0.15) is 11.6 Å². The van der Waals surface area contributed by atoms with E-state index in [1.165, 1.54) is 6.07 Å². The fourth-order valence-corrected chi connectivity index (χ4v) is 1.99. The predicted octanol–water partition coefficient (Wildman–Crippen LogP) is 3.23. The lowest BCUT2D eigenvalue weighted by atomic mass is 9.77. The van der Waals surface area contributed by atoms with Crippen molar-refractivity contribution in [2.75, 3.05) is 0 Å². The van der Waals surface area contributed by atoms with Gasteiger partial charge >= 0.3 is 5.97 Å². The molecule has 17 heavy (non-hydrogen) atoms. The van der Waals surface area contributed by atoms with E-state index < -0.39 is 17.6 Å². The highest BCUT2D eigenvalue weighted by atomic mass is 19.1. The van der Waals surface area contributed by atoms with Gasteiger partial charge in [0.25, 0.3) is 0 Å². The van der Waals surface area contributed by atoms with Crippen molar-refractivity contribution in [3.05, 3.63) is 41.5 Å². The first-order valence-corrected chi connectivity index (χ1v) is 5.48. The van der Waals surface area contributed by atoms with E-state index in [1.54, 1.807) is 0 Å². The first-order valence-electron chi connectivity index (χ1n) is 5.48. The lowest BCUT2D eigenvalue weighted by Gasteiger charge is -2.28. The number of carboxylic acid groups (broad SMARTS) is 1. The van der Waals surface area contributed by atoms with Crippen LogP contribution in [0.3, 0.4) is 0 Å². The Morgan fingerprint density at radius 1 is 1.35 bits per heavy atom. The second kappa shape index (κ2) is 4.65. The average Bonchev–Trinajstić information content (AvgIpc) is 2.13. The number of halogens is 2. The molecule has 0 aliphatic heterocycles. The number of hydrogen-bond donors (Lipinski definition) is 1.